The molecule has 0 aromatic rings. The molecule has 1 N–H and O–H groups in total. The highest BCUT2D eigenvalue weighted by atomic mass is 16.6. The van der Waals surface area contributed by atoms with E-state index < -0.39 is 0 Å². The van der Waals surface area contributed by atoms with Crippen molar-refractivity contribution in [2.45, 2.75) is 71.1 Å². The van der Waals surface area contributed by atoms with Gasteiger partial charge in [0.1, 0.15) is 0 Å². The summed E-state index contributed by atoms with van der Waals surface area (Å²) in [5.41, 5.74) is 0. The number of aliphatic hydroxyl groups excluding tert-OH is 1. The van der Waals surface area contributed by atoms with Gasteiger partial charge in [0, 0.05) is 6.61 Å². The van der Waals surface area contributed by atoms with E-state index in [2.05, 4.69) is 6.92 Å². The lowest BCUT2D eigenvalue weighted by molar-refractivity contribution is -0.0313. The Morgan fingerprint density at radius 3 is 0.443 bits per heavy atom. The fraction of sp³-hybridized carbons (Fsp3) is 1.00. The van der Waals surface area contributed by atoms with E-state index in [0.717, 1.165) is 13.0 Å². The van der Waals surface area contributed by atoms with Gasteiger partial charge in [0.05, 0.1) is 251 Å². The monoisotopic (exact) mass is 1020 g/mol. The molecule has 20 nitrogen and oxygen atoms in total. The zero-order valence-electron chi connectivity index (χ0n) is 43.9. The average Bonchev–Trinajstić information content (AvgIpc) is 3.37. The number of aliphatic hydroxyl groups is 1. The fourth-order valence-electron chi connectivity index (χ4n) is 5.82. The van der Waals surface area contributed by atoms with Crippen molar-refractivity contribution >= 4 is 0 Å². The Bertz CT molecular complexity index is 820. The quantitative estimate of drug-likeness (QED) is 0.0851. The predicted molar refractivity (Wildman–Crippen MR) is 264 cm³/mol. The van der Waals surface area contributed by atoms with E-state index in [-0.39, 0.29) is 6.61 Å². The van der Waals surface area contributed by atoms with Crippen molar-refractivity contribution in [3.05, 3.63) is 0 Å². The smallest absolute Gasteiger partial charge is 0.0701 e. The minimum atomic E-state index is 0.0207. The standard InChI is InChI=1S/C50H102O20/c1-2-3-4-5-6-7-8-9-10-11-13-52-15-17-54-19-21-56-23-25-58-27-29-60-31-33-62-35-37-64-39-41-66-43-45-68-47-49-70-50-48-69-46-44-67-42-40-65-38-36-63-34-32-61-30-28-59-26-24-57-22-20-55-18-16-53-14-12-51/h51H,2-50H2,1H3. The minimum absolute atomic E-state index is 0.0207. The Morgan fingerprint density at radius 1 is 0.157 bits per heavy atom. The Labute approximate surface area is 423 Å². The van der Waals surface area contributed by atoms with Gasteiger partial charge in [-0.1, -0.05) is 64.7 Å². The first-order chi connectivity index (χ1) is 34.9. The molecule has 0 rings (SSSR count). The molecule has 0 heterocycles. The summed E-state index contributed by atoms with van der Waals surface area (Å²) < 4.78 is 104. The number of ether oxygens (including phenoxy) is 19. The molecule has 0 aliphatic rings. The van der Waals surface area contributed by atoms with Crippen molar-refractivity contribution in [3.8, 4) is 0 Å². The van der Waals surface area contributed by atoms with Gasteiger partial charge >= 0.3 is 0 Å². The van der Waals surface area contributed by atoms with Crippen LogP contribution < -0.4 is 0 Å². The van der Waals surface area contributed by atoms with Crippen LogP contribution in [0.5, 0.6) is 0 Å². The SMILES string of the molecule is CCCCCCCCCCCCOCCOCCOCCOCCOCCOCCOCCOCCOCCOCCOCCOCCOCCOCCOCCOCCOCCOCCOCCO. The maximum atomic E-state index is 8.61. The summed E-state index contributed by atoms with van der Waals surface area (Å²) >= 11 is 0. The molecule has 70 heavy (non-hydrogen) atoms. The second-order valence-electron chi connectivity index (χ2n) is 15.5. The first kappa shape index (κ1) is 69.2. The third-order valence-corrected chi connectivity index (χ3v) is 9.57. The van der Waals surface area contributed by atoms with E-state index in [1.807, 2.05) is 0 Å². The molecule has 0 aromatic carbocycles. The van der Waals surface area contributed by atoms with Crippen LogP contribution in [-0.4, -0.2) is 263 Å². The van der Waals surface area contributed by atoms with Crippen LogP contribution in [0.3, 0.4) is 0 Å². The van der Waals surface area contributed by atoms with Crippen molar-refractivity contribution in [2.75, 3.05) is 258 Å². The molecule has 0 fully saturated rings. The zero-order chi connectivity index (χ0) is 50.1. The van der Waals surface area contributed by atoms with Crippen molar-refractivity contribution in [2.24, 2.45) is 0 Å². The largest absolute Gasteiger partial charge is 0.394 e. The van der Waals surface area contributed by atoms with Crippen LogP contribution in [-0.2, 0) is 90.0 Å². The molecule has 0 aliphatic heterocycles. The number of unbranched alkanes of at least 4 members (excludes halogenated alkanes) is 9. The van der Waals surface area contributed by atoms with Gasteiger partial charge in [0.2, 0.25) is 0 Å². The summed E-state index contributed by atoms with van der Waals surface area (Å²) in [4.78, 5) is 0. The van der Waals surface area contributed by atoms with Crippen LogP contribution in [0.25, 0.3) is 0 Å². The number of rotatable bonds is 67. The average molecular weight is 1020 g/mol. The van der Waals surface area contributed by atoms with Gasteiger partial charge in [-0.05, 0) is 6.42 Å². The van der Waals surface area contributed by atoms with E-state index >= 15 is 0 Å². The second-order valence-corrected chi connectivity index (χ2v) is 15.5. The lowest BCUT2D eigenvalue weighted by Crippen LogP contribution is -2.16. The summed E-state index contributed by atoms with van der Waals surface area (Å²) in [5.74, 6) is 0. The molecule has 0 spiro atoms. The minimum Gasteiger partial charge on any atom is -0.394 e. The second kappa shape index (κ2) is 68.2. The topological polar surface area (TPSA) is 196 Å². The highest BCUT2D eigenvalue weighted by Crippen LogP contribution is 2.10. The van der Waals surface area contributed by atoms with Crippen LogP contribution in [0.1, 0.15) is 71.1 Å². The van der Waals surface area contributed by atoms with Gasteiger partial charge in [-0.3, -0.25) is 0 Å². The fourth-order valence-corrected chi connectivity index (χ4v) is 5.82. The normalized spacial score (nSPS) is 11.7. The molecular weight excluding hydrogens is 921 g/mol. The lowest BCUT2D eigenvalue weighted by atomic mass is 10.1. The molecule has 0 bridgehead atoms. The maximum absolute atomic E-state index is 8.61. The first-order valence-corrected chi connectivity index (χ1v) is 26.5. The van der Waals surface area contributed by atoms with Gasteiger partial charge < -0.3 is 95.1 Å². The molecule has 422 valence electrons. The van der Waals surface area contributed by atoms with Crippen LogP contribution in [0.2, 0.25) is 0 Å². The lowest BCUT2D eigenvalue weighted by Gasteiger charge is -2.09. The van der Waals surface area contributed by atoms with E-state index in [1.165, 1.54) is 57.8 Å². The van der Waals surface area contributed by atoms with Crippen LogP contribution >= 0.6 is 0 Å². The van der Waals surface area contributed by atoms with E-state index in [1.54, 1.807) is 0 Å². The third-order valence-electron chi connectivity index (χ3n) is 9.57. The Balaban J connectivity index is 3.07. The number of hydrogen-bond donors (Lipinski definition) is 1. The molecule has 0 saturated heterocycles. The van der Waals surface area contributed by atoms with Crippen LogP contribution in [0.15, 0.2) is 0 Å². The molecule has 0 radical (unpaired) electrons. The summed E-state index contributed by atoms with van der Waals surface area (Å²) in [7, 11) is 0. The van der Waals surface area contributed by atoms with Gasteiger partial charge in [0.15, 0.2) is 0 Å². The van der Waals surface area contributed by atoms with Gasteiger partial charge in [-0.15, -0.1) is 0 Å². The van der Waals surface area contributed by atoms with Crippen molar-refractivity contribution in [3.63, 3.8) is 0 Å². The van der Waals surface area contributed by atoms with Crippen molar-refractivity contribution in [1.29, 1.82) is 0 Å². The molecule has 0 saturated carbocycles. The molecule has 20 heteroatoms. The number of hydrogen-bond acceptors (Lipinski definition) is 20. The third kappa shape index (κ3) is 67.2. The zero-order valence-corrected chi connectivity index (χ0v) is 43.9. The molecule has 0 unspecified atom stereocenters. The van der Waals surface area contributed by atoms with Crippen molar-refractivity contribution in [1.82, 2.24) is 0 Å². The molecule has 0 amide bonds. The van der Waals surface area contributed by atoms with Gasteiger partial charge in [-0.25, -0.2) is 0 Å². The Morgan fingerprint density at radius 2 is 0.286 bits per heavy atom. The van der Waals surface area contributed by atoms with Crippen LogP contribution in [0, 0.1) is 0 Å². The van der Waals surface area contributed by atoms with Crippen molar-refractivity contribution < 1.29 is 95.1 Å². The van der Waals surface area contributed by atoms with E-state index in [0.29, 0.717) is 244 Å². The van der Waals surface area contributed by atoms with Gasteiger partial charge in [0.25, 0.3) is 0 Å². The maximum Gasteiger partial charge on any atom is 0.0701 e. The van der Waals surface area contributed by atoms with E-state index in [9.17, 15) is 0 Å². The molecule has 0 aliphatic carbocycles. The molecule has 0 aromatic heterocycles. The molecule has 0 atom stereocenters. The van der Waals surface area contributed by atoms with E-state index in [4.69, 9.17) is 95.1 Å². The molecular formula is C50H102O20. The van der Waals surface area contributed by atoms with Crippen LogP contribution in [0.4, 0.5) is 0 Å². The highest BCUT2D eigenvalue weighted by Gasteiger charge is 2.00. The Kier molecular flexibility index (Phi) is 67.4. The highest BCUT2D eigenvalue weighted by molar-refractivity contribution is 4.48. The predicted octanol–water partition coefficient (Wildman–Crippen LogP) is 4.22. The summed E-state index contributed by atoms with van der Waals surface area (Å²) in [6, 6.07) is 0. The summed E-state index contributed by atoms with van der Waals surface area (Å²) in [6.45, 7) is 21.8. The summed E-state index contributed by atoms with van der Waals surface area (Å²) in [6.07, 6.45) is 13.4. The first-order valence-electron chi connectivity index (χ1n) is 26.5. The summed E-state index contributed by atoms with van der Waals surface area (Å²) in [5, 5.41) is 8.61. The van der Waals surface area contributed by atoms with Gasteiger partial charge in [-0.2, -0.15) is 0 Å². The Hall–Kier alpha value is -0.800.